The molecular formula is C20H26N4O2S. The summed E-state index contributed by atoms with van der Waals surface area (Å²) in [7, 11) is 1.78. The first-order valence-electron chi connectivity index (χ1n) is 9.92. The minimum atomic E-state index is -0.0201. The van der Waals surface area contributed by atoms with Gasteiger partial charge in [-0.3, -0.25) is 4.79 Å². The average molecular weight is 387 g/mol. The number of methoxy groups -OCH3 is 1. The maximum absolute atomic E-state index is 13.0. The second kappa shape index (κ2) is 7.04. The summed E-state index contributed by atoms with van der Waals surface area (Å²) in [6, 6.07) is 6.46. The van der Waals surface area contributed by atoms with E-state index in [9.17, 15) is 4.79 Å². The van der Waals surface area contributed by atoms with Crippen molar-refractivity contribution >= 4 is 33.2 Å². The summed E-state index contributed by atoms with van der Waals surface area (Å²) >= 11 is 1.44. The van der Waals surface area contributed by atoms with Crippen molar-refractivity contribution in [1.29, 1.82) is 0 Å². The van der Waals surface area contributed by atoms with Crippen molar-refractivity contribution in [2.24, 2.45) is 5.92 Å². The number of fused-ring (bicyclic) bond motifs is 4. The largest absolute Gasteiger partial charge is 0.380 e. The van der Waals surface area contributed by atoms with Crippen LogP contribution < -0.4 is 10.2 Å². The minimum absolute atomic E-state index is 0.0201. The Labute approximate surface area is 163 Å². The van der Waals surface area contributed by atoms with Crippen molar-refractivity contribution in [2.45, 2.75) is 31.4 Å². The fourth-order valence-electron chi connectivity index (χ4n) is 4.87. The topological polar surface area (TPSA) is 57.7 Å². The number of carbonyl (C=O) groups excluding carboxylic acids is 1. The van der Waals surface area contributed by atoms with E-state index >= 15 is 0 Å². The van der Waals surface area contributed by atoms with E-state index in [1.165, 1.54) is 43.2 Å². The van der Waals surface area contributed by atoms with E-state index in [1.54, 1.807) is 7.11 Å². The molecule has 144 valence electrons. The molecule has 2 atom stereocenters. The Morgan fingerprint density at radius 1 is 1.22 bits per heavy atom. The van der Waals surface area contributed by atoms with Gasteiger partial charge in [-0.15, -0.1) is 0 Å². The molecule has 0 aliphatic carbocycles. The normalized spacial score (nSPS) is 30.2. The summed E-state index contributed by atoms with van der Waals surface area (Å²) < 4.78 is 11.2. The van der Waals surface area contributed by atoms with Crippen LogP contribution in [0.1, 0.15) is 29.8 Å². The van der Waals surface area contributed by atoms with Crippen LogP contribution in [-0.2, 0) is 4.74 Å². The summed E-state index contributed by atoms with van der Waals surface area (Å²) in [6.07, 6.45) is 3.72. The Morgan fingerprint density at radius 2 is 2.07 bits per heavy atom. The lowest BCUT2D eigenvalue weighted by Crippen LogP contribution is -2.57. The first-order chi connectivity index (χ1) is 13.2. The monoisotopic (exact) mass is 386 g/mol. The standard InChI is InChI=1S/C20H26N4O2S/c1-26-14-7-10-24(11-14)17-4-2-3-15-18(22-27-19(15)17)20(25)21-16-12-23-8-5-13(16)6-9-23/h2-4,13-14,16H,5-12H2,1H3,(H,21,25)/t14-,16-/m0/s1. The third-order valence-electron chi connectivity index (χ3n) is 6.48. The van der Waals surface area contributed by atoms with Crippen molar-refractivity contribution in [3.63, 3.8) is 0 Å². The number of nitrogens with one attached hydrogen (secondary N) is 1. The Hall–Kier alpha value is -1.70. The van der Waals surface area contributed by atoms with Crippen molar-refractivity contribution in [3.05, 3.63) is 23.9 Å². The zero-order valence-electron chi connectivity index (χ0n) is 15.7. The zero-order valence-corrected chi connectivity index (χ0v) is 16.5. The minimum Gasteiger partial charge on any atom is -0.380 e. The van der Waals surface area contributed by atoms with Crippen molar-refractivity contribution in [2.75, 3.05) is 44.7 Å². The number of carbonyl (C=O) groups is 1. The lowest BCUT2D eigenvalue weighted by molar-refractivity contribution is 0.0619. The third kappa shape index (κ3) is 3.11. The smallest absolute Gasteiger partial charge is 0.271 e. The molecule has 0 saturated carbocycles. The van der Waals surface area contributed by atoms with Gasteiger partial charge in [-0.1, -0.05) is 12.1 Å². The maximum Gasteiger partial charge on any atom is 0.271 e. The molecule has 0 unspecified atom stereocenters. The Balaban J connectivity index is 1.38. The van der Waals surface area contributed by atoms with Crippen LogP contribution >= 0.6 is 11.5 Å². The van der Waals surface area contributed by atoms with Gasteiger partial charge in [0.2, 0.25) is 0 Å². The van der Waals surface area contributed by atoms with Crippen LogP contribution in [-0.4, -0.2) is 67.2 Å². The number of aromatic nitrogens is 1. The molecule has 4 aliphatic heterocycles. The van der Waals surface area contributed by atoms with Crippen LogP contribution in [0.15, 0.2) is 18.2 Å². The van der Waals surface area contributed by atoms with E-state index in [-0.39, 0.29) is 18.1 Å². The lowest BCUT2D eigenvalue weighted by Gasteiger charge is -2.44. The van der Waals surface area contributed by atoms with E-state index < -0.39 is 0 Å². The van der Waals surface area contributed by atoms with Crippen LogP contribution in [0.2, 0.25) is 0 Å². The molecule has 1 N–H and O–H groups in total. The highest BCUT2D eigenvalue weighted by atomic mass is 32.1. The van der Waals surface area contributed by atoms with E-state index in [4.69, 9.17) is 4.74 Å². The number of rotatable bonds is 4. The summed E-state index contributed by atoms with van der Waals surface area (Å²) in [4.78, 5) is 17.8. The van der Waals surface area contributed by atoms with Crippen LogP contribution in [0.4, 0.5) is 5.69 Å². The van der Waals surface area contributed by atoms with E-state index in [1.807, 2.05) is 12.1 Å². The van der Waals surface area contributed by atoms with Gasteiger partial charge in [-0.25, -0.2) is 0 Å². The van der Waals surface area contributed by atoms with E-state index in [0.717, 1.165) is 36.1 Å². The molecule has 5 heterocycles. The first kappa shape index (κ1) is 17.4. The number of nitrogens with zero attached hydrogens (tertiary/aromatic N) is 3. The van der Waals surface area contributed by atoms with Gasteiger partial charge in [0.25, 0.3) is 5.91 Å². The number of anilines is 1. The van der Waals surface area contributed by atoms with Crippen molar-refractivity contribution < 1.29 is 9.53 Å². The Kier molecular flexibility index (Phi) is 4.53. The van der Waals surface area contributed by atoms with Gasteiger partial charge in [0, 0.05) is 38.2 Å². The van der Waals surface area contributed by atoms with Gasteiger partial charge in [0.05, 0.1) is 16.5 Å². The molecule has 7 heteroatoms. The first-order valence-corrected chi connectivity index (χ1v) is 10.7. The van der Waals surface area contributed by atoms with Gasteiger partial charge in [-0.2, -0.15) is 4.37 Å². The highest BCUT2D eigenvalue weighted by Gasteiger charge is 2.35. The SMILES string of the molecule is CO[C@H]1CCN(c2cccc3c(C(=O)N[C@H]4CN5CCC4CC5)nsc23)C1. The predicted molar refractivity (Wildman–Crippen MR) is 108 cm³/mol. The number of hydrogen-bond acceptors (Lipinski definition) is 6. The quantitative estimate of drug-likeness (QED) is 0.874. The maximum atomic E-state index is 13.0. The second-order valence-corrected chi connectivity index (χ2v) is 8.77. The molecule has 1 amide bonds. The number of hydrogen-bond donors (Lipinski definition) is 1. The molecule has 6 nitrogen and oxygen atoms in total. The fraction of sp³-hybridized carbons (Fsp3) is 0.600. The number of ether oxygens (including phenoxy) is 1. The number of piperidine rings is 3. The third-order valence-corrected chi connectivity index (χ3v) is 7.37. The number of benzene rings is 1. The Bertz CT molecular complexity index is 846. The molecule has 0 spiro atoms. The molecular weight excluding hydrogens is 360 g/mol. The highest BCUT2D eigenvalue weighted by molar-refractivity contribution is 7.14. The van der Waals surface area contributed by atoms with Gasteiger partial charge in [0.15, 0.2) is 0 Å². The van der Waals surface area contributed by atoms with Crippen molar-refractivity contribution in [3.8, 4) is 0 Å². The fourth-order valence-corrected chi connectivity index (χ4v) is 5.78. The van der Waals surface area contributed by atoms with Crippen molar-refractivity contribution in [1.82, 2.24) is 14.6 Å². The molecule has 4 saturated heterocycles. The van der Waals surface area contributed by atoms with Gasteiger partial charge >= 0.3 is 0 Å². The average Bonchev–Trinajstić information content (AvgIpc) is 3.36. The molecule has 2 bridgehead atoms. The van der Waals surface area contributed by atoms with E-state index in [0.29, 0.717) is 11.6 Å². The molecule has 2 aromatic rings. The van der Waals surface area contributed by atoms with Gasteiger partial charge < -0.3 is 19.9 Å². The molecule has 1 aromatic heterocycles. The molecule has 1 aromatic carbocycles. The summed E-state index contributed by atoms with van der Waals surface area (Å²) in [5.74, 6) is 0.600. The number of amides is 1. The predicted octanol–water partition coefficient (Wildman–Crippen LogP) is 2.35. The second-order valence-electron chi connectivity index (χ2n) is 8.00. The Morgan fingerprint density at radius 3 is 2.78 bits per heavy atom. The highest BCUT2D eigenvalue weighted by Crippen LogP contribution is 2.35. The van der Waals surface area contributed by atoms with Crippen LogP contribution in [0.3, 0.4) is 0 Å². The van der Waals surface area contributed by atoms with Crippen LogP contribution in [0.25, 0.3) is 10.1 Å². The summed E-state index contributed by atoms with van der Waals surface area (Å²) in [6.45, 7) is 5.22. The molecule has 6 rings (SSSR count). The lowest BCUT2D eigenvalue weighted by atomic mass is 9.84. The molecule has 4 aliphatic rings. The van der Waals surface area contributed by atoms with E-state index in [2.05, 4.69) is 25.6 Å². The summed E-state index contributed by atoms with van der Waals surface area (Å²) in [5.41, 5.74) is 1.75. The molecule has 4 fully saturated rings. The van der Waals surface area contributed by atoms with Crippen LogP contribution in [0, 0.1) is 5.92 Å². The van der Waals surface area contributed by atoms with Crippen LogP contribution in [0.5, 0.6) is 0 Å². The molecule has 0 radical (unpaired) electrons. The summed E-state index contributed by atoms with van der Waals surface area (Å²) in [5, 5.41) is 4.25. The zero-order chi connectivity index (χ0) is 18.4. The van der Waals surface area contributed by atoms with Gasteiger partial charge in [-0.05, 0) is 55.9 Å². The van der Waals surface area contributed by atoms with Gasteiger partial charge in [0.1, 0.15) is 5.69 Å². The molecule has 27 heavy (non-hydrogen) atoms.